The number of amidine groups is 2. The number of carbonyl (C=O) groups is 1. The molecule has 8 nitrogen and oxygen atoms in total. The van der Waals surface area contributed by atoms with E-state index in [0.29, 0.717) is 16.8 Å². The number of rotatable bonds is 7. The summed E-state index contributed by atoms with van der Waals surface area (Å²) < 4.78 is 8.14. The molecule has 0 radical (unpaired) electrons. The monoisotopic (exact) mass is 534 g/mol. The first-order valence-electron chi connectivity index (χ1n) is 12.7. The number of ether oxygens (including phenoxy) is 1. The molecular formula is C30H26N6O2S. The second-order valence-corrected chi connectivity index (χ2v) is 10.4. The van der Waals surface area contributed by atoms with E-state index < -0.39 is 5.91 Å². The lowest BCUT2D eigenvalue weighted by Crippen LogP contribution is -2.35. The Morgan fingerprint density at radius 2 is 1.95 bits per heavy atom. The minimum atomic E-state index is -0.444. The number of carbonyl (C=O) groups excluding carboxylic acids is 1. The molecule has 39 heavy (non-hydrogen) atoms. The van der Waals surface area contributed by atoms with E-state index >= 15 is 0 Å². The van der Waals surface area contributed by atoms with Gasteiger partial charge in [-0.05, 0) is 79.6 Å². The topological polar surface area (TPSA) is 95.9 Å². The molecule has 0 saturated carbocycles. The Balaban J connectivity index is 1.22. The summed E-state index contributed by atoms with van der Waals surface area (Å²) in [5, 5.41) is 16.8. The molecule has 0 bridgehead atoms. The lowest BCUT2D eigenvalue weighted by atomic mass is 10.1. The van der Waals surface area contributed by atoms with Gasteiger partial charge in [-0.25, -0.2) is 0 Å². The summed E-state index contributed by atoms with van der Waals surface area (Å²) >= 11 is 1.26. The van der Waals surface area contributed by atoms with E-state index in [-0.39, 0.29) is 11.4 Å². The van der Waals surface area contributed by atoms with Crippen molar-refractivity contribution < 1.29 is 9.53 Å². The molecule has 0 aliphatic carbocycles. The summed E-state index contributed by atoms with van der Waals surface area (Å²) in [6, 6.07) is 17.9. The third-order valence-electron chi connectivity index (χ3n) is 6.77. The second kappa shape index (κ2) is 10.3. The van der Waals surface area contributed by atoms with Gasteiger partial charge >= 0.3 is 0 Å². The standard InChI is InChI=1S/C30H26N6O2S/c1-19-10-11-23(15-20(19)2)38-14-6-13-35-18-22(24-8-3-4-9-26(24)35)16-25-27(31)36-30(33-28(25)37)39-29(34-36)21-7-5-12-32-17-21/h3-5,7-12,15-18,31H,6,13-14H2,1-2H3. The first kappa shape index (κ1) is 24.8. The Morgan fingerprint density at radius 3 is 2.77 bits per heavy atom. The van der Waals surface area contributed by atoms with Crippen molar-refractivity contribution in [1.82, 2.24) is 14.6 Å². The summed E-state index contributed by atoms with van der Waals surface area (Å²) in [7, 11) is 0. The van der Waals surface area contributed by atoms with Crippen LogP contribution in [0.4, 0.5) is 0 Å². The predicted molar refractivity (Wildman–Crippen MR) is 156 cm³/mol. The number of amides is 1. The van der Waals surface area contributed by atoms with E-state index in [1.54, 1.807) is 18.5 Å². The minimum Gasteiger partial charge on any atom is -0.494 e. The molecule has 0 fully saturated rings. The van der Waals surface area contributed by atoms with Gasteiger partial charge in [0.25, 0.3) is 5.91 Å². The van der Waals surface area contributed by atoms with Crippen LogP contribution in [0.5, 0.6) is 5.75 Å². The van der Waals surface area contributed by atoms with Crippen LogP contribution in [0.2, 0.25) is 0 Å². The average Bonchev–Trinajstić information content (AvgIpc) is 3.53. The third kappa shape index (κ3) is 4.88. The number of aryl methyl sites for hydroxylation is 3. The fourth-order valence-electron chi connectivity index (χ4n) is 4.56. The van der Waals surface area contributed by atoms with Gasteiger partial charge in [0.1, 0.15) is 10.8 Å². The van der Waals surface area contributed by atoms with Crippen LogP contribution in [0.1, 0.15) is 28.7 Å². The number of para-hydroxylation sites is 1. The van der Waals surface area contributed by atoms with Crippen molar-refractivity contribution in [3.8, 4) is 5.75 Å². The first-order chi connectivity index (χ1) is 19.0. The van der Waals surface area contributed by atoms with E-state index in [2.05, 4.69) is 51.7 Å². The molecule has 2 aromatic carbocycles. The number of thioether (sulfide) groups is 1. The summed E-state index contributed by atoms with van der Waals surface area (Å²) in [5.41, 5.74) is 5.40. The van der Waals surface area contributed by atoms with Gasteiger partial charge in [0.05, 0.1) is 12.2 Å². The maximum absolute atomic E-state index is 13.0. The third-order valence-corrected chi connectivity index (χ3v) is 7.73. The molecule has 2 aliphatic rings. The van der Waals surface area contributed by atoms with Gasteiger partial charge in [0.2, 0.25) is 5.17 Å². The first-order valence-corrected chi connectivity index (χ1v) is 13.5. The Bertz CT molecular complexity index is 1700. The number of aromatic nitrogens is 2. The molecule has 4 heterocycles. The molecule has 1 N–H and O–H groups in total. The number of hydrogen-bond donors (Lipinski definition) is 1. The van der Waals surface area contributed by atoms with Crippen molar-refractivity contribution in [3.05, 3.63) is 101 Å². The van der Waals surface area contributed by atoms with E-state index in [0.717, 1.165) is 40.7 Å². The smallest absolute Gasteiger partial charge is 0.283 e. The number of nitrogens with zero attached hydrogens (tertiary/aromatic N) is 5. The Labute approximate surface area is 230 Å². The largest absolute Gasteiger partial charge is 0.494 e. The molecule has 2 aromatic heterocycles. The lowest BCUT2D eigenvalue weighted by molar-refractivity contribution is -0.114. The van der Waals surface area contributed by atoms with Gasteiger partial charge in [0, 0.05) is 47.2 Å². The van der Waals surface area contributed by atoms with Crippen LogP contribution >= 0.6 is 11.8 Å². The van der Waals surface area contributed by atoms with Crippen LogP contribution < -0.4 is 4.74 Å². The van der Waals surface area contributed by atoms with Crippen LogP contribution in [-0.4, -0.2) is 43.1 Å². The highest BCUT2D eigenvalue weighted by Gasteiger charge is 2.36. The number of fused-ring (bicyclic) bond motifs is 2. The van der Waals surface area contributed by atoms with Crippen molar-refractivity contribution in [3.63, 3.8) is 0 Å². The van der Waals surface area contributed by atoms with Gasteiger partial charge in [-0.3, -0.25) is 15.2 Å². The van der Waals surface area contributed by atoms with Crippen molar-refractivity contribution in [2.24, 2.45) is 10.1 Å². The average molecular weight is 535 g/mol. The molecule has 0 atom stereocenters. The summed E-state index contributed by atoms with van der Waals surface area (Å²) in [6.45, 7) is 5.52. The van der Waals surface area contributed by atoms with Gasteiger partial charge in [-0.15, -0.1) is 0 Å². The zero-order chi connectivity index (χ0) is 26.9. The van der Waals surface area contributed by atoms with Crippen LogP contribution in [0.3, 0.4) is 0 Å². The molecule has 0 spiro atoms. The SMILES string of the molecule is Cc1ccc(OCCCn2cc(C=C3C(=N)N4N=C(c5cccnc5)SC4=NC3=O)c3ccccc32)cc1C. The lowest BCUT2D eigenvalue weighted by Gasteiger charge is -2.20. The van der Waals surface area contributed by atoms with Gasteiger partial charge in [0.15, 0.2) is 5.84 Å². The molecule has 9 heteroatoms. The minimum absolute atomic E-state index is 0.00927. The number of aliphatic imine (C=N–C) groups is 1. The summed E-state index contributed by atoms with van der Waals surface area (Å²) in [5.74, 6) is 0.444. The number of pyridine rings is 1. The Hall–Kier alpha value is -4.50. The van der Waals surface area contributed by atoms with Crippen molar-refractivity contribution in [1.29, 1.82) is 5.41 Å². The van der Waals surface area contributed by atoms with Crippen molar-refractivity contribution >= 4 is 50.7 Å². The normalized spacial score (nSPS) is 16.1. The fraction of sp³-hybridized carbons (Fsp3) is 0.167. The van der Waals surface area contributed by atoms with E-state index in [1.165, 1.54) is 27.9 Å². The molecule has 4 aromatic rings. The van der Waals surface area contributed by atoms with Crippen LogP contribution in [-0.2, 0) is 11.3 Å². The number of hydrazone groups is 1. The van der Waals surface area contributed by atoms with Gasteiger partial charge in [-0.2, -0.15) is 15.1 Å². The molecule has 194 valence electrons. The van der Waals surface area contributed by atoms with Crippen LogP contribution in [0.15, 0.2) is 88.9 Å². The van der Waals surface area contributed by atoms with E-state index in [9.17, 15) is 4.79 Å². The second-order valence-electron chi connectivity index (χ2n) is 9.41. The maximum atomic E-state index is 13.0. The molecule has 0 unspecified atom stereocenters. The highest BCUT2D eigenvalue weighted by atomic mass is 32.2. The molecule has 6 rings (SSSR count). The molecular weight excluding hydrogens is 508 g/mol. The predicted octanol–water partition coefficient (Wildman–Crippen LogP) is 5.79. The fourth-order valence-corrected chi connectivity index (χ4v) is 5.44. The highest BCUT2D eigenvalue weighted by Crippen LogP contribution is 2.32. The molecule has 0 saturated heterocycles. The number of benzene rings is 2. The Kier molecular flexibility index (Phi) is 6.58. The van der Waals surface area contributed by atoms with Crippen molar-refractivity contribution in [2.45, 2.75) is 26.8 Å². The number of hydrogen-bond acceptors (Lipinski definition) is 6. The van der Waals surface area contributed by atoms with Crippen molar-refractivity contribution in [2.75, 3.05) is 6.61 Å². The molecule has 2 aliphatic heterocycles. The number of nitrogens with one attached hydrogen (secondary N) is 1. The van der Waals surface area contributed by atoms with Gasteiger partial charge in [-0.1, -0.05) is 24.3 Å². The van der Waals surface area contributed by atoms with Crippen LogP contribution in [0, 0.1) is 19.3 Å². The zero-order valence-corrected chi connectivity index (χ0v) is 22.4. The molecule has 1 amide bonds. The van der Waals surface area contributed by atoms with E-state index in [1.807, 2.05) is 42.6 Å². The summed E-state index contributed by atoms with van der Waals surface area (Å²) in [6.07, 6.45) is 7.99. The highest BCUT2D eigenvalue weighted by molar-refractivity contribution is 8.27. The quantitative estimate of drug-likeness (QED) is 0.239. The maximum Gasteiger partial charge on any atom is 0.283 e. The zero-order valence-electron chi connectivity index (χ0n) is 21.6. The Morgan fingerprint density at radius 1 is 1.08 bits per heavy atom. The summed E-state index contributed by atoms with van der Waals surface area (Å²) in [4.78, 5) is 21.4. The van der Waals surface area contributed by atoms with Gasteiger partial charge < -0.3 is 9.30 Å². The van der Waals surface area contributed by atoms with Crippen LogP contribution in [0.25, 0.3) is 17.0 Å². The van der Waals surface area contributed by atoms with E-state index in [4.69, 9.17) is 10.1 Å².